The number of aliphatic hydroxyl groups excluding tert-OH is 1. The number of esters is 1. The zero-order valence-electron chi connectivity index (χ0n) is 10.5. The van der Waals surface area contributed by atoms with Crippen molar-refractivity contribution < 1.29 is 14.6 Å². The molecule has 0 aromatic heterocycles. The Labute approximate surface area is 101 Å². The fourth-order valence-corrected chi connectivity index (χ4v) is 2.72. The van der Waals surface area contributed by atoms with Gasteiger partial charge < -0.3 is 9.84 Å². The number of aliphatic hydroxyl groups is 1. The highest BCUT2D eigenvalue weighted by Gasteiger charge is 2.41. The van der Waals surface area contributed by atoms with Crippen molar-refractivity contribution >= 4 is 5.97 Å². The highest BCUT2D eigenvalue weighted by molar-refractivity contribution is 5.68. The van der Waals surface area contributed by atoms with E-state index in [-0.39, 0.29) is 17.5 Å². The van der Waals surface area contributed by atoms with Crippen molar-refractivity contribution in [3.8, 4) is 0 Å². The fourth-order valence-electron chi connectivity index (χ4n) is 2.72. The van der Waals surface area contributed by atoms with Gasteiger partial charge in [0.15, 0.2) is 0 Å². The monoisotopic (exact) mass is 234 g/mol. The Morgan fingerprint density at radius 1 is 1.59 bits per heavy atom. The molecule has 2 aliphatic rings. The standard InChI is InChI=1S/C14H18O3/c1-9-8-11(17-10(2)15)6-7-14(3)12(9)4-5-13(14)16/h6-8,13,16H,4-5H2,1-3H3. The first kappa shape index (κ1) is 12.1. The van der Waals surface area contributed by atoms with E-state index < -0.39 is 0 Å². The van der Waals surface area contributed by atoms with E-state index in [1.807, 2.05) is 26.0 Å². The molecule has 0 amide bonds. The molecule has 3 heteroatoms. The Kier molecular flexibility index (Phi) is 2.96. The average molecular weight is 234 g/mol. The van der Waals surface area contributed by atoms with Crippen LogP contribution >= 0.6 is 0 Å². The smallest absolute Gasteiger partial charge is 0.308 e. The van der Waals surface area contributed by atoms with Gasteiger partial charge in [0.2, 0.25) is 0 Å². The number of hydrogen-bond acceptors (Lipinski definition) is 3. The molecule has 0 saturated heterocycles. The second kappa shape index (κ2) is 4.15. The Morgan fingerprint density at radius 3 is 2.94 bits per heavy atom. The fraction of sp³-hybridized carbons (Fsp3) is 0.500. The second-order valence-corrected chi connectivity index (χ2v) is 4.97. The van der Waals surface area contributed by atoms with E-state index in [1.54, 1.807) is 6.08 Å². The lowest BCUT2D eigenvalue weighted by atomic mass is 9.81. The zero-order valence-corrected chi connectivity index (χ0v) is 10.5. The van der Waals surface area contributed by atoms with Crippen LogP contribution in [-0.4, -0.2) is 17.2 Å². The number of carbonyl (C=O) groups excluding carboxylic acids is 1. The van der Waals surface area contributed by atoms with Gasteiger partial charge >= 0.3 is 5.97 Å². The molecule has 2 aliphatic carbocycles. The second-order valence-electron chi connectivity index (χ2n) is 4.97. The highest BCUT2D eigenvalue weighted by atomic mass is 16.5. The number of ether oxygens (including phenoxy) is 1. The van der Waals surface area contributed by atoms with Gasteiger partial charge in [-0.05, 0) is 44.4 Å². The normalized spacial score (nSPS) is 32.0. The molecule has 2 unspecified atom stereocenters. The number of allylic oxidation sites excluding steroid dienone is 3. The van der Waals surface area contributed by atoms with Crippen LogP contribution in [0, 0.1) is 5.41 Å². The molecule has 0 radical (unpaired) electrons. The Hall–Kier alpha value is -1.35. The summed E-state index contributed by atoms with van der Waals surface area (Å²) in [5.41, 5.74) is 2.01. The quantitative estimate of drug-likeness (QED) is 0.709. The average Bonchev–Trinajstić information content (AvgIpc) is 2.45. The molecule has 1 saturated carbocycles. The van der Waals surface area contributed by atoms with Crippen LogP contribution < -0.4 is 0 Å². The predicted octanol–water partition coefficient (Wildman–Crippen LogP) is 2.48. The van der Waals surface area contributed by atoms with Gasteiger partial charge in [0.25, 0.3) is 0 Å². The van der Waals surface area contributed by atoms with Crippen LogP contribution in [0.3, 0.4) is 0 Å². The van der Waals surface area contributed by atoms with Gasteiger partial charge in [-0.2, -0.15) is 0 Å². The SMILES string of the molecule is CC(=O)OC1=CC(C)=C2CCC(O)C2(C)C=C1. The van der Waals surface area contributed by atoms with Gasteiger partial charge in [0, 0.05) is 12.3 Å². The maximum atomic E-state index is 11.0. The highest BCUT2D eigenvalue weighted by Crippen LogP contribution is 2.47. The summed E-state index contributed by atoms with van der Waals surface area (Å²) in [5.74, 6) is 0.224. The van der Waals surface area contributed by atoms with Gasteiger partial charge in [-0.25, -0.2) is 0 Å². The maximum Gasteiger partial charge on any atom is 0.308 e. The zero-order chi connectivity index (χ0) is 12.6. The maximum absolute atomic E-state index is 11.0. The molecular weight excluding hydrogens is 216 g/mol. The topological polar surface area (TPSA) is 46.5 Å². The number of carbonyl (C=O) groups is 1. The largest absolute Gasteiger partial charge is 0.427 e. The first-order valence-electron chi connectivity index (χ1n) is 5.91. The van der Waals surface area contributed by atoms with Gasteiger partial charge in [0.1, 0.15) is 5.76 Å². The van der Waals surface area contributed by atoms with Crippen molar-refractivity contribution in [3.63, 3.8) is 0 Å². The van der Waals surface area contributed by atoms with Crippen molar-refractivity contribution in [1.29, 1.82) is 0 Å². The first-order chi connectivity index (χ1) is 7.93. The summed E-state index contributed by atoms with van der Waals surface area (Å²) in [6.07, 6.45) is 6.95. The lowest BCUT2D eigenvalue weighted by Gasteiger charge is -2.26. The van der Waals surface area contributed by atoms with E-state index in [4.69, 9.17) is 4.74 Å². The van der Waals surface area contributed by atoms with Gasteiger partial charge in [-0.3, -0.25) is 4.79 Å². The lowest BCUT2D eigenvalue weighted by Crippen LogP contribution is -2.25. The summed E-state index contributed by atoms with van der Waals surface area (Å²) in [6.45, 7) is 5.42. The van der Waals surface area contributed by atoms with Crippen LogP contribution in [0.5, 0.6) is 0 Å². The van der Waals surface area contributed by atoms with Gasteiger partial charge in [-0.15, -0.1) is 0 Å². The molecule has 17 heavy (non-hydrogen) atoms. The minimum atomic E-state index is -0.353. The molecule has 2 rings (SSSR count). The molecule has 1 fully saturated rings. The van der Waals surface area contributed by atoms with Crippen LogP contribution in [-0.2, 0) is 9.53 Å². The number of rotatable bonds is 1. The Balaban J connectivity index is 2.40. The van der Waals surface area contributed by atoms with Crippen LogP contribution in [0.2, 0.25) is 0 Å². The minimum Gasteiger partial charge on any atom is -0.427 e. The van der Waals surface area contributed by atoms with Crippen molar-refractivity contribution in [2.24, 2.45) is 5.41 Å². The molecular formula is C14H18O3. The van der Waals surface area contributed by atoms with E-state index in [1.165, 1.54) is 12.5 Å². The van der Waals surface area contributed by atoms with E-state index in [0.29, 0.717) is 5.76 Å². The Morgan fingerprint density at radius 2 is 2.29 bits per heavy atom. The first-order valence-corrected chi connectivity index (χ1v) is 5.91. The number of hydrogen-bond donors (Lipinski definition) is 1. The van der Waals surface area contributed by atoms with Crippen molar-refractivity contribution in [3.05, 3.63) is 35.1 Å². The molecule has 1 N–H and O–H groups in total. The third-order valence-electron chi connectivity index (χ3n) is 3.70. The van der Waals surface area contributed by atoms with Crippen molar-refractivity contribution in [2.45, 2.75) is 39.7 Å². The summed E-state index contributed by atoms with van der Waals surface area (Å²) in [7, 11) is 0. The molecule has 2 atom stereocenters. The van der Waals surface area contributed by atoms with Crippen molar-refractivity contribution in [1.82, 2.24) is 0 Å². The molecule has 0 heterocycles. The van der Waals surface area contributed by atoms with Gasteiger partial charge in [0.05, 0.1) is 6.10 Å². The van der Waals surface area contributed by atoms with Crippen LogP contribution in [0.1, 0.15) is 33.6 Å². The Bertz CT molecular complexity index is 442. The van der Waals surface area contributed by atoms with E-state index in [2.05, 4.69) is 0 Å². The summed E-state index contributed by atoms with van der Waals surface area (Å²) in [4.78, 5) is 11.0. The molecule has 92 valence electrons. The predicted molar refractivity (Wildman–Crippen MR) is 65.0 cm³/mol. The lowest BCUT2D eigenvalue weighted by molar-refractivity contribution is -0.136. The van der Waals surface area contributed by atoms with E-state index >= 15 is 0 Å². The van der Waals surface area contributed by atoms with E-state index in [9.17, 15) is 9.90 Å². The van der Waals surface area contributed by atoms with E-state index in [0.717, 1.165) is 18.4 Å². The van der Waals surface area contributed by atoms with Crippen LogP contribution in [0.15, 0.2) is 35.1 Å². The summed E-state index contributed by atoms with van der Waals surface area (Å²) >= 11 is 0. The molecule has 0 aromatic rings. The minimum absolute atomic E-state index is 0.317. The van der Waals surface area contributed by atoms with Gasteiger partial charge in [-0.1, -0.05) is 11.6 Å². The summed E-state index contributed by atoms with van der Waals surface area (Å²) in [6, 6.07) is 0. The number of fused-ring (bicyclic) bond motifs is 1. The van der Waals surface area contributed by atoms with Crippen LogP contribution in [0.4, 0.5) is 0 Å². The summed E-state index contributed by atoms with van der Waals surface area (Å²) in [5, 5.41) is 10.1. The third kappa shape index (κ3) is 2.07. The molecule has 0 spiro atoms. The van der Waals surface area contributed by atoms with Crippen LogP contribution in [0.25, 0.3) is 0 Å². The molecule has 0 aromatic carbocycles. The third-order valence-corrected chi connectivity index (χ3v) is 3.70. The molecule has 0 aliphatic heterocycles. The summed E-state index contributed by atoms with van der Waals surface area (Å²) < 4.78 is 5.11. The molecule has 0 bridgehead atoms. The van der Waals surface area contributed by atoms with Crippen molar-refractivity contribution in [2.75, 3.05) is 0 Å². The molecule has 3 nitrogen and oxygen atoms in total.